The van der Waals surface area contributed by atoms with Gasteiger partial charge in [0.1, 0.15) is 6.04 Å². The number of nitrogens with zero attached hydrogens (tertiary/aromatic N) is 1. The van der Waals surface area contributed by atoms with E-state index in [4.69, 9.17) is 5.11 Å². The van der Waals surface area contributed by atoms with E-state index in [9.17, 15) is 14.7 Å². The Morgan fingerprint density at radius 3 is 2.53 bits per heavy atom. The predicted octanol–water partition coefficient (Wildman–Crippen LogP) is -0.401. The molecule has 1 saturated heterocycles. The van der Waals surface area contributed by atoms with Gasteiger partial charge in [0.2, 0.25) is 12.3 Å². The topological polar surface area (TPSA) is 99.1 Å². The fraction of sp³-hybridized carbons (Fsp3) is 0.833. The summed E-state index contributed by atoms with van der Waals surface area (Å²) in [6.07, 6.45) is -0.0961. The molecule has 3 N–H and O–H groups in total. The van der Waals surface area contributed by atoms with Gasteiger partial charge in [-0.25, -0.2) is 4.79 Å². The van der Waals surface area contributed by atoms with Gasteiger partial charge in [0.15, 0.2) is 0 Å². The number of nitrogens with one attached hydrogen (secondary N) is 1. The SMILES string of the molecule is COC(O)N[C@H](C(=O)N1CCC[C@H]1C(=O)O)C(C)C. The van der Waals surface area contributed by atoms with Gasteiger partial charge in [-0.2, -0.15) is 0 Å². The first-order chi connectivity index (χ1) is 8.88. The molecule has 1 rings (SSSR count). The highest BCUT2D eigenvalue weighted by atomic mass is 16.6. The Bertz CT molecular complexity index is 334. The van der Waals surface area contributed by atoms with Crippen LogP contribution < -0.4 is 5.32 Å². The van der Waals surface area contributed by atoms with Gasteiger partial charge in [-0.15, -0.1) is 0 Å². The Balaban J connectivity index is 2.78. The normalized spacial score (nSPS) is 22.6. The summed E-state index contributed by atoms with van der Waals surface area (Å²) in [6.45, 7) is 4.08. The number of carboxylic acids is 1. The van der Waals surface area contributed by atoms with Crippen molar-refractivity contribution in [3.05, 3.63) is 0 Å². The molecule has 1 fully saturated rings. The van der Waals surface area contributed by atoms with Gasteiger partial charge in [0.05, 0.1) is 6.04 Å². The number of carbonyl (C=O) groups is 2. The summed E-state index contributed by atoms with van der Waals surface area (Å²) in [5.74, 6) is -1.39. The van der Waals surface area contributed by atoms with Crippen LogP contribution in [0.4, 0.5) is 0 Å². The van der Waals surface area contributed by atoms with Crippen LogP contribution in [0, 0.1) is 5.92 Å². The molecular weight excluding hydrogens is 252 g/mol. The molecule has 1 aliphatic heterocycles. The molecule has 19 heavy (non-hydrogen) atoms. The molecule has 0 aromatic heterocycles. The number of aliphatic hydroxyl groups is 1. The summed E-state index contributed by atoms with van der Waals surface area (Å²) in [5.41, 5.74) is 0. The molecule has 7 heteroatoms. The number of rotatable bonds is 6. The molecule has 0 aliphatic carbocycles. The van der Waals surface area contributed by atoms with E-state index >= 15 is 0 Å². The lowest BCUT2D eigenvalue weighted by Gasteiger charge is -2.30. The first-order valence-electron chi connectivity index (χ1n) is 6.38. The Hall–Kier alpha value is -1.18. The second-order valence-corrected chi connectivity index (χ2v) is 5.00. The van der Waals surface area contributed by atoms with E-state index in [1.165, 1.54) is 12.0 Å². The van der Waals surface area contributed by atoms with E-state index in [0.717, 1.165) is 0 Å². The zero-order chi connectivity index (χ0) is 14.6. The van der Waals surface area contributed by atoms with Crippen molar-refractivity contribution in [2.45, 2.75) is 45.2 Å². The number of hydrogen-bond donors (Lipinski definition) is 3. The minimum atomic E-state index is -1.25. The van der Waals surface area contributed by atoms with Gasteiger partial charge >= 0.3 is 5.97 Å². The van der Waals surface area contributed by atoms with Crippen LogP contribution >= 0.6 is 0 Å². The molecule has 1 heterocycles. The Labute approximate surface area is 112 Å². The van der Waals surface area contributed by atoms with Crippen molar-refractivity contribution in [1.29, 1.82) is 0 Å². The van der Waals surface area contributed by atoms with E-state index in [1.807, 2.05) is 13.8 Å². The third kappa shape index (κ3) is 3.89. The minimum absolute atomic E-state index is 0.0904. The smallest absolute Gasteiger partial charge is 0.326 e. The van der Waals surface area contributed by atoms with Crippen LogP contribution in [0.1, 0.15) is 26.7 Å². The zero-order valence-corrected chi connectivity index (χ0v) is 11.5. The summed E-state index contributed by atoms with van der Waals surface area (Å²) < 4.78 is 4.68. The number of methoxy groups -OCH3 is 1. The van der Waals surface area contributed by atoms with Crippen molar-refractivity contribution < 1.29 is 24.5 Å². The fourth-order valence-corrected chi connectivity index (χ4v) is 2.24. The van der Waals surface area contributed by atoms with Gasteiger partial charge in [-0.05, 0) is 18.8 Å². The van der Waals surface area contributed by atoms with Crippen LogP contribution in [0.2, 0.25) is 0 Å². The van der Waals surface area contributed by atoms with Crippen molar-refractivity contribution in [3.63, 3.8) is 0 Å². The summed E-state index contributed by atoms with van der Waals surface area (Å²) in [4.78, 5) is 24.8. The molecule has 1 aliphatic rings. The van der Waals surface area contributed by atoms with E-state index in [-0.39, 0.29) is 11.8 Å². The third-order valence-corrected chi connectivity index (χ3v) is 3.30. The molecule has 0 saturated carbocycles. The van der Waals surface area contributed by atoms with Crippen LogP contribution in [-0.2, 0) is 14.3 Å². The van der Waals surface area contributed by atoms with Crippen LogP contribution in [0.15, 0.2) is 0 Å². The molecule has 0 spiro atoms. The van der Waals surface area contributed by atoms with Gasteiger partial charge in [-0.3, -0.25) is 10.1 Å². The predicted molar refractivity (Wildman–Crippen MR) is 67.1 cm³/mol. The average molecular weight is 274 g/mol. The number of carbonyl (C=O) groups excluding carboxylic acids is 1. The number of aliphatic carboxylic acids is 1. The highest BCUT2D eigenvalue weighted by Crippen LogP contribution is 2.20. The van der Waals surface area contributed by atoms with Gasteiger partial charge in [-0.1, -0.05) is 13.8 Å². The molecule has 110 valence electrons. The maximum absolute atomic E-state index is 12.4. The van der Waals surface area contributed by atoms with Crippen molar-refractivity contribution in [3.8, 4) is 0 Å². The van der Waals surface area contributed by atoms with Crippen molar-refractivity contribution in [2.24, 2.45) is 5.92 Å². The number of amides is 1. The zero-order valence-electron chi connectivity index (χ0n) is 11.5. The number of ether oxygens (including phenoxy) is 1. The lowest BCUT2D eigenvalue weighted by Crippen LogP contribution is -2.55. The maximum atomic E-state index is 12.4. The van der Waals surface area contributed by atoms with Gasteiger partial charge < -0.3 is 19.8 Å². The Kier molecular flexibility index (Phi) is 5.71. The highest BCUT2D eigenvalue weighted by Gasteiger charge is 2.38. The van der Waals surface area contributed by atoms with Crippen molar-refractivity contribution in [1.82, 2.24) is 10.2 Å². The molecule has 0 aromatic carbocycles. The van der Waals surface area contributed by atoms with E-state index in [2.05, 4.69) is 10.1 Å². The van der Waals surface area contributed by atoms with Crippen LogP contribution in [-0.4, -0.2) is 59.1 Å². The summed E-state index contributed by atoms with van der Waals surface area (Å²) in [6, 6.07) is -1.44. The summed E-state index contributed by atoms with van der Waals surface area (Å²) in [5, 5.41) is 21.2. The molecule has 7 nitrogen and oxygen atoms in total. The number of likely N-dealkylation sites (tertiary alicyclic amines) is 1. The standard InChI is InChI=1S/C12H22N2O5/c1-7(2)9(13-12(18)19-3)10(15)14-6-4-5-8(14)11(16)17/h7-9,12-13,18H,4-6H2,1-3H3,(H,16,17)/t8-,9-,12?/m0/s1. The number of carboxylic acid groups (broad SMARTS) is 1. The second kappa shape index (κ2) is 6.83. The third-order valence-electron chi connectivity index (χ3n) is 3.30. The van der Waals surface area contributed by atoms with E-state index in [0.29, 0.717) is 19.4 Å². The summed E-state index contributed by atoms with van der Waals surface area (Å²) in [7, 11) is 1.31. The molecule has 0 bridgehead atoms. The average Bonchev–Trinajstić information content (AvgIpc) is 2.83. The van der Waals surface area contributed by atoms with Crippen molar-refractivity contribution in [2.75, 3.05) is 13.7 Å². The molecule has 0 aromatic rings. The van der Waals surface area contributed by atoms with Gasteiger partial charge in [0, 0.05) is 13.7 Å². The Morgan fingerprint density at radius 2 is 2.05 bits per heavy atom. The minimum Gasteiger partial charge on any atom is -0.480 e. The van der Waals surface area contributed by atoms with Crippen molar-refractivity contribution >= 4 is 11.9 Å². The van der Waals surface area contributed by atoms with Crippen LogP contribution in [0.3, 0.4) is 0 Å². The van der Waals surface area contributed by atoms with Crippen LogP contribution in [0.25, 0.3) is 0 Å². The second-order valence-electron chi connectivity index (χ2n) is 5.00. The molecule has 1 unspecified atom stereocenters. The van der Waals surface area contributed by atoms with E-state index in [1.54, 1.807) is 0 Å². The molecule has 3 atom stereocenters. The quantitative estimate of drug-likeness (QED) is 0.570. The largest absolute Gasteiger partial charge is 0.480 e. The maximum Gasteiger partial charge on any atom is 0.326 e. The monoisotopic (exact) mass is 274 g/mol. The van der Waals surface area contributed by atoms with Crippen LogP contribution in [0.5, 0.6) is 0 Å². The molecule has 0 radical (unpaired) electrons. The first-order valence-corrected chi connectivity index (χ1v) is 6.38. The summed E-state index contributed by atoms with van der Waals surface area (Å²) >= 11 is 0. The fourth-order valence-electron chi connectivity index (χ4n) is 2.24. The first kappa shape index (κ1) is 15.9. The molecular formula is C12H22N2O5. The number of aliphatic hydroxyl groups excluding tert-OH is 1. The Morgan fingerprint density at radius 1 is 1.42 bits per heavy atom. The molecule has 1 amide bonds. The lowest BCUT2D eigenvalue weighted by molar-refractivity contribution is -0.153. The van der Waals surface area contributed by atoms with E-state index < -0.39 is 24.5 Å². The highest BCUT2D eigenvalue weighted by molar-refractivity contribution is 5.87. The van der Waals surface area contributed by atoms with Gasteiger partial charge in [0.25, 0.3) is 0 Å². The lowest BCUT2D eigenvalue weighted by atomic mass is 10.0. The number of hydrogen-bond acceptors (Lipinski definition) is 5.